The molecular formula is C14H26N4. The Bertz CT molecular complexity index is 339. The summed E-state index contributed by atoms with van der Waals surface area (Å²) in [6.45, 7) is 5.25. The van der Waals surface area contributed by atoms with Crippen LogP contribution in [0.15, 0.2) is 6.33 Å². The van der Waals surface area contributed by atoms with Crippen LogP contribution < -0.4 is 5.32 Å². The Labute approximate surface area is 110 Å². The van der Waals surface area contributed by atoms with Crippen molar-refractivity contribution in [3.8, 4) is 0 Å². The topological polar surface area (TPSA) is 42.7 Å². The minimum atomic E-state index is 0.357. The number of nitrogens with zero attached hydrogens (tertiary/aromatic N) is 3. The SMILES string of the molecule is CC[C@@H](NC1CCCCCC1)c1ncnn1CC. The van der Waals surface area contributed by atoms with Gasteiger partial charge in [-0.1, -0.05) is 32.6 Å². The van der Waals surface area contributed by atoms with Crippen molar-refractivity contribution in [1.82, 2.24) is 20.1 Å². The summed E-state index contributed by atoms with van der Waals surface area (Å²) in [6, 6.07) is 1.02. The van der Waals surface area contributed by atoms with E-state index in [1.165, 1.54) is 38.5 Å². The Kier molecular flexibility index (Phi) is 5.17. The molecule has 0 unspecified atom stereocenters. The van der Waals surface area contributed by atoms with E-state index in [9.17, 15) is 0 Å². The van der Waals surface area contributed by atoms with Gasteiger partial charge in [-0.05, 0) is 26.2 Å². The summed E-state index contributed by atoms with van der Waals surface area (Å²) >= 11 is 0. The Balaban J connectivity index is 1.99. The number of hydrogen-bond acceptors (Lipinski definition) is 3. The predicted molar refractivity (Wildman–Crippen MR) is 73.4 cm³/mol. The Morgan fingerprint density at radius 3 is 2.61 bits per heavy atom. The molecule has 1 atom stereocenters. The van der Waals surface area contributed by atoms with Gasteiger partial charge in [-0.15, -0.1) is 0 Å². The molecule has 4 heteroatoms. The average Bonchev–Trinajstić information content (AvgIpc) is 2.72. The molecule has 0 spiro atoms. The zero-order chi connectivity index (χ0) is 12.8. The zero-order valence-electron chi connectivity index (χ0n) is 11.7. The molecule has 2 rings (SSSR count). The molecule has 1 aromatic heterocycles. The van der Waals surface area contributed by atoms with Gasteiger partial charge in [0.1, 0.15) is 12.2 Å². The summed E-state index contributed by atoms with van der Waals surface area (Å²) in [6.07, 6.45) is 10.9. The fraction of sp³-hybridized carbons (Fsp3) is 0.857. The standard InChI is InChI=1S/C14H26N4/c1-3-13(14-15-11-16-18(14)4-2)17-12-9-7-5-6-8-10-12/h11-13,17H,3-10H2,1-2H3/t13-/m1/s1. The van der Waals surface area contributed by atoms with Crippen molar-refractivity contribution in [1.29, 1.82) is 0 Å². The molecular weight excluding hydrogens is 224 g/mol. The third-order valence-corrected chi connectivity index (χ3v) is 3.96. The van der Waals surface area contributed by atoms with Crippen LogP contribution in [0.2, 0.25) is 0 Å². The van der Waals surface area contributed by atoms with E-state index < -0.39 is 0 Å². The lowest BCUT2D eigenvalue weighted by Gasteiger charge is -2.23. The van der Waals surface area contributed by atoms with Gasteiger partial charge in [0.25, 0.3) is 0 Å². The highest BCUT2D eigenvalue weighted by molar-refractivity contribution is 4.95. The summed E-state index contributed by atoms with van der Waals surface area (Å²) in [5.41, 5.74) is 0. The zero-order valence-corrected chi connectivity index (χ0v) is 11.7. The average molecular weight is 250 g/mol. The van der Waals surface area contributed by atoms with Crippen molar-refractivity contribution in [3.05, 3.63) is 12.2 Å². The summed E-state index contributed by atoms with van der Waals surface area (Å²) in [7, 11) is 0. The normalized spacial score (nSPS) is 19.7. The van der Waals surface area contributed by atoms with E-state index >= 15 is 0 Å². The van der Waals surface area contributed by atoms with E-state index in [0.717, 1.165) is 18.8 Å². The minimum Gasteiger partial charge on any atom is -0.305 e. The van der Waals surface area contributed by atoms with Crippen molar-refractivity contribution < 1.29 is 0 Å². The summed E-state index contributed by atoms with van der Waals surface area (Å²) in [5, 5.41) is 8.08. The van der Waals surface area contributed by atoms with Crippen molar-refractivity contribution in [2.45, 2.75) is 77.4 Å². The molecule has 1 aliphatic rings. The van der Waals surface area contributed by atoms with Gasteiger partial charge in [0, 0.05) is 12.6 Å². The molecule has 1 aliphatic carbocycles. The van der Waals surface area contributed by atoms with Crippen LogP contribution in [0.5, 0.6) is 0 Å². The maximum Gasteiger partial charge on any atom is 0.143 e. The smallest absolute Gasteiger partial charge is 0.143 e. The molecule has 102 valence electrons. The molecule has 1 N–H and O–H groups in total. The van der Waals surface area contributed by atoms with Gasteiger partial charge in [-0.25, -0.2) is 9.67 Å². The lowest BCUT2D eigenvalue weighted by atomic mass is 10.1. The van der Waals surface area contributed by atoms with E-state index in [-0.39, 0.29) is 0 Å². The van der Waals surface area contributed by atoms with Crippen molar-refractivity contribution in [2.75, 3.05) is 0 Å². The van der Waals surface area contributed by atoms with Crippen molar-refractivity contribution in [3.63, 3.8) is 0 Å². The van der Waals surface area contributed by atoms with E-state index in [0.29, 0.717) is 12.1 Å². The molecule has 4 nitrogen and oxygen atoms in total. The second kappa shape index (κ2) is 6.88. The van der Waals surface area contributed by atoms with E-state index in [1.807, 2.05) is 4.68 Å². The Morgan fingerprint density at radius 1 is 1.28 bits per heavy atom. The summed E-state index contributed by atoms with van der Waals surface area (Å²) in [5.74, 6) is 1.10. The van der Waals surface area contributed by atoms with Crippen LogP contribution >= 0.6 is 0 Å². The highest BCUT2D eigenvalue weighted by atomic mass is 15.3. The quantitative estimate of drug-likeness (QED) is 0.817. The largest absolute Gasteiger partial charge is 0.305 e. The van der Waals surface area contributed by atoms with E-state index in [2.05, 4.69) is 29.2 Å². The molecule has 1 saturated carbocycles. The van der Waals surface area contributed by atoms with Gasteiger partial charge in [0.15, 0.2) is 0 Å². The third-order valence-electron chi connectivity index (χ3n) is 3.96. The molecule has 0 bridgehead atoms. The van der Waals surface area contributed by atoms with Crippen LogP contribution in [0, 0.1) is 0 Å². The lowest BCUT2D eigenvalue weighted by molar-refractivity contribution is 0.369. The van der Waals surface area contributed by atoms with Gasteiger partial charge in [-0.2, -0.15) is 5.10 Å². The highest BCUT2D eigenvalue weighted by Crippen LogP contribution is 2.21. The number of rotatable bonds is 5. The molecule has 18 heavy (non-hydrogen) atoms. The predicted octanol–water partition coefficient (Wildman–Crippen LogP) is 3.06. The number of aromatic nitrogens is 3. The van der Waals surface area contributed by atoms with E-state index in [1.54, 1.807) is 6.33 Å². The Morgan fingerprint density at radius 2 is 2.00 bits per heavy atom. The van der Waals surface area contributed by atoms with Crippen molar-refractivity contribution in [2.24, 2.45) is 0 Å². The Hall–Kier alpha value is -0.900. The van der Waals surface area contributed by atoms with E-state index in [4.69, 9.17) is 0 Å². The second-order valence-corrected chi connectivity index (χ2v) is 5.25. The molecule has 1 fully saturated rings. The molecule has 0 radical (unpaired) electrons. The fourth-order valence-electron chi connectivity index (χ4n) is 2.89. The van der Waals surface area contributed by atoms with Crippen LogP contribution in [-0.4, -0.2) is 20.8 Å². The molecule has 1 aromatic rings. The highest BCUT2D eigenvalue weighted by Gasteiger charge is 2.20. The first-order valence-electron chi connectivity index (χ1n) is 7.48. The summed E-state index contributed by atoms with van der Waals surface area (Å²) < 4.78 is 2.01. The first-order valence-corrected chi connectivity index (χ1v) is 7.48. The maximum atomic E-state index is 4.44. The van der Waals surface area contributed by atoms with Crippen LogP contribution in [-0.2, 0) is 6.54 Å². The molecule has 1 heterocycles. The molecule has 0 amide bonds. The van der Waals surface area contributed by atoms with Gasteiger partial charge in [0.2, 0.25) is 0 Å². The molecule has 0 aliphatic heterocycles. The van der Waals surface area contributed by atoms with Crippen molar-refractivity contribution >= 4 is 0 Å². The van der Waals surface area contributed by atoms with Gasteiger partial charge < -0.3 is 5.32 Å². The first kappa shape index (κ1) is 13.5. The maximum absolute atomic E-state index is 4.44. The fourth-order valence-corrected chi connectivity index (χ4v) is 2.89. The number of hydrogen-bond donors (Lipinski definition) is 1. The van der Waals surface area contributed by atoms with Gasteiger partial charge in [0.05, 0.1) is 6.04 Å². The third kappa shape index (κ3) is 3.31. The number of nitrogens with one attached hydrogen (secondary N) is 1. The lowest BCUT2D eigenvalue weighted by Crippen LogP contribution is -2.33. The van der Waals surface area contributed by atoms with Gasteiger partial charge in [-0.3, -0.25) is 0 Å². The van der Waals surface area contributed by atoms with Crippen LogP contribution in [0.4, 0.5) is 0 Å². The van der Waals surface area contributed by atoms with Crippen LogP contribution in [0.3, 0.4) is 0 Å². The van der Waals surface area contributed by atoms with Crippen LogP contribution in [0.25, 0.3) is 0 Å². The molecule has 0 aromatic carbocycles. The first-order chi connectivity index (χ1) is 8.85. The van der Waals surface area contributed by atoms with Gasteiger partial charge >= 0.3 is 0 Å². The number of aryl methyl sites for hydroxylation is 1. The summed E-state index contributed by atoms with van der Waals surface area (Å²) in [4.78, 5) is 4.44. The molecule has 0 saturated heterocycles. The van der Waals surface area contributed by atoms with Crippen LogP contribution in [0.1, 0.15) is 70.7 Å². The monoisotopic (exact) mass is 250 g/mol. The second-order valence-electron chi connectivity index (χ2n) is 5.25. The minimum absolute atomic E-state index is 0.357.